The second kappa shape index (κ2) is 19.6. The fraction of sp³-hybridized carbons (Fsp3) is 0.244. The first-order valence-corrected chi connectivity index (χ1v) is 18.2. The van der Waals surface area contributed by atoms with Crippen LogP contribution >= 0.6 is 0 Å². The molecule has 0 aliphatic carbocycles. The fourth-order valence-corrected chi connectivity index (χ4v) is 5.76. The van der Waals surface area contributed by atoms with E-state index >= 15 is 0 Å². The number of hydrogen-bond acceptors (Lipinski definition) is 6. The molecule has 8 nitrogen and oxygen atoms in total. The Morgan fingerprint density at radius 1 is 0.623 bits per heavy atom. The molecule has 272 valence electrons. The maximum Gasteiger partial charge on any atom is 0.343 e. The van der Waals surface area contributed by atoms with E-state index in [1.165, 1.54) is 26.2 Å². The molecule has 0 aliphatic heterocycles. The van der Waals surface area contributed by atoms with E-state index in [9.17, 15) is 19.2 Å². The van der Waals surface area contributed by atoms with Gasteiger partial charge in [-0.3, -0.25) is 14.4 Å². The molecule has 0 aromatic heterocycles. The van der Waals surface area contributed by atoms with E-state index in [2.05, 4.69) is 17.6 Å². The Labute approximate surface area is 311 Å². The molecule has 2 N–H and O–H groups in total. The van der Waals surface area contributed by atoms with Crippen LogP contribution in [0.15, 0.2) is 127 Å². The van der Waals surface area contributed by atoms with Gasteiger partial charge in [0.05, 0.1) is 24.6 Å². The van der Waals surface area contributed by atoms with Crippen molar-refractivity contribution in [3.8, 4) is 22.6 Å². The first-order chi connectivity index (χ1) is 25.8. The van der Waals surface area contributed by atoms with E-state index in [0.717, 1.165) is 35.1 Å². The van der Waals surface area contributed by atoms with E-state index in [1.807, 2.05) is 54.6 Å². The summed E-state index contributed by atoms with van der Waals surface area (Å²) in [4.78, 5) is 51.0. The average molecular weight is 711 g/mol. The number of nitrogens with one attached hydrogen (secondary N) is 2. The molecule has 5 rings (SSSR count). The largest absolute Gasteiger partial charge is 0.494 e. The van der Waals surface area contributed by atoms with Crippen LogP contribution in [0.2, 0.25) is 0 Å². The van der Waals surface area contributed by atoms with E-state index in [-0.39, 0.29) is 24.5 Å². The molecule has 0 spiro atoms. The van der Waals surface area contributed by atoms with Crippen LogP contribution in [0.4, 0.5) is 5.69 Å². The van der Waals surface area contributed by atoms with Gasteiger partial charge in [-0.2, -0.15) is 0 Å². The van der Waals surface area contributed by atoms with Gasteiger partial charge in [0.25, 0.3) is 5.91 Å². The van der Waals surface area contributed by atoms with Gasteiger partial charge in [-0.15, -0.1) is 0 Å². The third-order valence-corrected chi connectivity index (χ3v) is 8.83. The molecular weight excluding hydrogens is 665 g/mol. The molecule has 0 unspecified atom stereocenters. The number of hydrogen-bond donors (Lipinski definition) is 2. The van der Waals surface area contributed by atoms with Crippen LogP contribution < -0.4 is 20.1 Å². The molecule has 0 fully saturated rings. The summed E-state index contributed by atoms with van der Waals surface area (Å²) in [5.74, 6) is -0.185. The number of carbonyl (C=O) groups is 4. The number of ether oxygens (including phenoxy) is 2. The van der Waals surface area contributed by atoms with Crippen molar-refractivity contribution in [3.63, 3.8) is 0 Å². The highest BCUT2D eigenvalue weighted by atomic mass is 16.5. The lowest BCUT2D eigenvalue weighted by atomic mass is 10.0. The van der Waals surface area contributed by atoms with Crippen LogP contribution in [0.3, 0.4) is 0 Å². The van der Waals surface area contributed by atoms with Crippen LogP contribution in [0.5, 0.6) is 11.5 Å². The van der Waals surface area contributed by atoms with Crippen molar-refractivity contribution in [1.29, 1.82) is 0 Å². The first-order valence-electron chi connectivity index (χ1n) is 18.2. The fourth-order valence-electron chi connectivity index (χ4n) is 5.76. The lowest BCUT2D eigenvalue weighted by molar-refractivity contribution is -0.119. The molecular formula is C45H46N2O6. The zero-order valence-corrected chi connectivity index (χ0v) is 30.3. The highest BCUT2D eigenvalue weighted by Gasteiger charge is 2.19. The van der Waals surface area contributed by atoms with Crippen molar-refractivity contribution in [1.82, 2.24) is 5.32 Å². The van der Waals surface area contributed by atoms with E-state index in [1.54, 1.807) is 72.8 Å². The Hall–Kier alpha value is -6.02. The summed E-state index contributed by atoms with van der Waals surface area (Å²) in [6.45, 7) is 4.27. The molecule has 5 aromatic carbocycles. The highest BCUT2D eigenvalue weighted by molar-refractivity contribution is 5.98. The zero-order chi connectivity index (χ0) is 37.4. The second-order valence-corrected chi connectivity index (χ2v) is 13.0. The minimum absolute atomic E-state index is 0.171. The van der Waals surface area contributed by atoms with Crippen molar-refractivity contribution in [3.05, 3.63) is 150 Å². The SMILES string of the molecule is CCCCCCCOc1ccc(C(=O)Oc2ccc(C[C@H](NC(=O)c3ccc(NC(=O)Cc4ccc(-c5ccccc5)cc4)cc3)C(C)=O)cc2)cc1. The molecule has 0 aliphatic rings. The molecule has 0 saturated heterocycles. The van der Waals surface area contributed by atoms with Crippen molar-refractivity contribution in [2.75, 3.05) is 11.9 Å². The van der Waals surface area contributed by atoms with E-state index < -0.39 is 17.9 Å². The van der Waals surface area contributed by atoms with Crippen molar-refractivity contribution < 1.29 is 28.7 Å². The molecule has 2 amide bonds. The Morgan fingerprint density at radius 2 is 1.23 bits per heavy atom. The number of unbranched alkanes of at least 4 members (excludes halogenated alkanes) is 4. The number of ketones is 1. The van der Waals surface area contributed by atoms with Gasteiger partial charge in [0.15, 0.2) is 5.78 Å². The summed E-state index contributed by atoms with van der Waals surface area (Å²) < 4.78 is 11.3. The summed E-state index contributed by atoms with van der Waals surface area (Å²) in [7, 11) is 0. The highest BCUT2D eigenvalue weighted by Crippen LogP contribution is 2.21. The molecule has 53 heavy (non-hydrogen) atoms. The summed E-state index contributed by atoms with van der Waals surface area (Å²) >= 11 is 0. The zero-order valence-electron chi connectivity index (χ0n) is 30.3. The number of rotatable bonds is 18. The standard InChI is InChI=1S/C45H46N2O6/c1-3-4-5-6-10-29-52-40-27-21-38(22-28-40)45(51)53-41-25-15-33(16-26-41)30-42(32(2)48)47-44(50)37-19-23-39(24-20-37)46-43(49)31-34-13-17-36(18-14-34)35-11-8-7-9-12-35/h7-9,11-28,42H,3-6,10,29-31H2,1-2H3,(H,46,49)(H,47,50)/t42-/m0/s1. The van der Waals surface area contributed by atoms with Crippen LogP contribution in [-0.4, -0.2) is 36.2 Å². The van der Waals surface area contributed by atoms with Gasteiger partial charge < -0.3 is 20.1 Å². The van der Waals surface area contributed by atoms with Gasteiger partial charge in [0.2, 0.25) is 5.91 Å². The number of anilines is 1. The molecule has 0 heterocycles. The van der Waals surface area contributed by atoms with Crippen LogP contribution in [-0.2, 0) is 22.4 Å². The number of Topliss-reactive ketones (excluding diaryl/α,β-unsaturated/α-hetero) is 1. The van der Waals surface area contributed by atoms with Crippen molar-refractivity contribution in [2.24, 2.45) is 0 Å². The van der Waals surface area contributed by atoms with Gasteiger partial charge in [-0.25, -0.2) is 4.79 Å². The molecule has 0 bridgehead atoms. The molecule has 0 saturated carbocycles. The number of benzene rings is 5. The Morgan fingerprint density at radius 3 is 1.89 bits per heavy atom. The summed E-state index contributed by atoms with van der Waals surface area (Å²) in [6.07, 6.45) is 6.28. The molecule has 1 atom stereocenters. The van der Waals surface area contributed by atoms with Crippen molar-refractivity contribution in [2.45, 2.75) is 64.8 Å². The average Bonchev–Trinajstić information content (AvgIpc) is 3.17. The van der Waals surface area contributed by atoms with Gasteiger partial charge in [-0.1, -0.05) is 99.3 Å². The topological polar surface area (TPSA) is 111 Å². The van der Waals surface area contributed by atoms with Crippen molar-refractivity contribution >= 4 is 29.3 Å². The van der Waals surface area contributed by atoms with Crippen LogP contribution in [0.1, 0.15) is 77.8 Å². The second-order valence-electron chi connectivity index (χ2n) is 13.0. The summed E-state index contributed by atoms with van der Waals surface area (Å²) in [5, 5.41) is 5.69. The summed E-state index contributed by atoms with van der Waals surface area (Å²) in [6, 6.07) is 37.4. The van der Waals surface area contributed by atoms with Gasteiger partial charge in [0.1, 0.15) is 11.5 Å². The minimum Gasteiger partial charge on any atom is -0.494 e. The third kappa shape index (κ3) is 12.0. The molecule has 8 heteroatoms. The number of carbonyl (C=O) groups excluding carboxylic acids is 4. The molecule has 5 aromatic rings. The van der Waals surface area contributed by atoms with Gasteiger partial charge in [-0.05, 0) is 103 Å². The third-order valence-electron chi connectivity index (χ3n) is 8.83. The Balaban J connectivity index is 1.07. The van der Waals surface area contributed by atoms with E-state index in [0.29, 0.717) is 34.9 Å². The predicted molar refractivity (Wildman–Crippen MR) is 208 cm³/mol. The molecule has 0 radical (unpaired) electrons. The maximum atomic E-state index is 13.1. The Kier molecular flexibility index (Phi) is 14.1. The maximum absolute atomic E-state index is 13.1. The minimum atomic E-state index is -0.763. The Bertz CT molecular complexity index is 1940. The summed E-state index contributed by atoms with van der Waals surface area (Å²) in [5.41, 5.74) is 5.20. The number of amides is 2. The lowest BCUT2D eigenvalue weighted by Gasteiger charge is -2.17. The quantitative estimate of drug-likeness (QED) is 0.0534. The van der Waals surface area contributed by atoms with Crippen LogP contribution in [0, 0.1) is 0 Å². The van der Waals surface area contributed by atoms with Gasteiger partial charge in [0, 0.05) is 11.3 Å². The van der Waals surface area contributed by atoms with Gasteiger partial charge >= 0.3 is 5.97 Å². The normalized spacial score (nSPS) is 11.3. The van der Waals surface area contributed by atoms with E-state index in [4.69, 9.17) is 9.47 Å². The predicted octanol–water partition coefficient (Wildman–Crippen LogP) is 9.03. The first kappa shape index (κ1) is 38.2. The lowest BCUT2D eigenvalue weighted by Crippen LogP contribution is -2.41. The van der Waals surface area contributed by atoms with Crippen LogP contribution in [0.25, 0.3) is 11.1 Å². The number of esters is 1. The smallest absolute Gasteiger partial charge is 0.343 e. The monoisotopic (exact) mass is 710 g/mol.